The Morgan fingerprint density at radius 1 is 1.35 bits per heavy atom. The molecule has 1 fully saturated rings. The van der Waals surface area contributed by atoms with Crippen molar-refractivity contribution in [2.24, 2.45) is 0 Å². The zero-order valence-electron chi connectivity index (χ0n) is 14.0. The Balaban J connectivity index is 2.07. The first-order chi connectivity index (χ1) is 10.7. The van der Waals surface area contributed by atoms with Crippen LogP contribution in [0.2, 0.25) is 0 Å². The van der Waals surface area contributed by atoms with Gasteiger partial charge in [-0.15, -0.1) is 0 Å². The minimum Gasteiger partial charge on any atom is -0.444 e. The number of carbonyl (C=O) groups is 2. The lowest BCUT2D eigenvalue weighted by molar-refractivity contribution is -0.120. The Labute approximate surface area is 135 Å². The lowest BCUT2D eigenvalue weighted by atomic mass is 10.2. The number of likely N-dealkylation sites (tertiary alicyclic amines) is 1. The molecule has 1 aliphatic heterocycles. The highest BCUT2D eigenvalue weighted by Crippen LogP contribution is 2.23. The normalized spacial score (nSPS) is 18.0. The highest BCUT2D eigenvalue weighted by Gasteiger charge is 2.36. The highest BCUT2D eigenvalue weighted by atomic mass is 19.1. The molecule has 0 bridgehead atoms. The van der Waals surface area contributed by atoms with E-state index in [4.69, 9.17) is 4.74 Å². The molecule has 0 unspecified atom stereocenters. The average Bonchev–Trinajstić information content (AvgIpc) is 2.89. The van der Waals surface area contributed by atoms with Crippen LogP contribution in [-0.2, 0) is 9.53 Å². The van der Waals surface area contributed by atoms with Crippen LogP contribution in [0.15, 0.2) is 18.2 Å². The molecule has 1 N–H and O–H groups in total. The summed E-state index contributed by atoms with van der Waals surface area (Å²) in [5.74, 6) is -0.878. The SMILES string of the molecule is Cc1ccc(NC(=O)[C@@H]2CCCN2C(=O)OC(C)(C)C)c(F)c1. The van der Waals surface area contributed by atoms with Crippen LogP contribution in [0.5, 0.6) is 0 Å². The minimum atomic E-state index is -0.634. The Morgan fingerprint density at radius 3 is 2.65 bits per heavy atom. The predicted octanol–water partition coefficient (Wildman–Crippen LogP) is 3.47. The van der Waals surface area contributed by atoms with Gasteiger partial charge in [0.25, 0.3) is 0 Å². The van der Waals surface area contributed by atoms with E-state index in [1.807, 2.05) is 0 Å². The van der Waals surface area contributed by atoms with E-state index in [2.05, 4.69) is 5.32 Å². The quantitative estimate of drug-likeness (QED) is 0.907. The summed E-state index contributed by atoms with van der Waals surface area (Å²) in [6, 6.07) is 3.97. The predicted molar refractivity (Wildman–Crippen MR) is 85.7 cm³/mol. The van der Waals surface area contributed by atoms with Crippen molar-refractivity contribution in [2.45, 2.75) is 52.2 Å². The maximum Gasteiger partial charge on any atom is 0.410 e. The van der Waals surface area contributed by atoms with Crippen molar-refractivity contribution in [2.75, 3.05) is 11.9 Å². The van der Waals surface area contributed by atoms with E-state index in [9.17, 15) is 14.0 Å². The molecule has 1 aromatic carbocycles. The van der Waals surface area contributed by atoms with E-state index in [1.165, 1.54) is 17.0 Å². The van der Waals surface area contributed by atoms with Crippen LogP contribution in [0.25, 0.3) is 0 Å². The molecule has 6 heteroatoms. The van der Waals surface area contributed by atoms with E-state index in [1.54, 1.807) is 33.8 Å². The minimum absolute atomic E-state index is 0.122. The molecule has 126 valence electrons. The average molecular weight is 322 g/mol. The summed E-state index contributed by atoms with van der Waals surface area (Å²) in [7, 11) is 0. The molecule has 2 rings (SSSR count). The molecule has 0 saturated carbocycles. The summed E-state index contributed by atoms with van der Waals surface area (Å²) in [6.45, 7) is 7.56. The lowest BCUT2D eigenvalue weighted by Gasteiger charge is -2.28. The fraction of sp³-hybridized carbons (Fsp3) is 0.529. The van der Waals surface area contributed by atoms with Crippen LogP contribution in [0.1, 0.15) is 39.2 Å². The second kappa shape index (κ2) is 6.56. The Hall–Kier alpha value is -2.11. The number of ether oxygens (including phenoxy) is 1. The zero-order chi connectivity index (χ0) is 17.2. The molecule has 0 aromatic heterocycles. The maximum atomic E-state index is 13.9. The number of nitrogens with zero attached hydrogens (tertiary/aromatic N) is 1. The van der Waals surface area contributed by atoms with E-state index in [0.29, 0.717) is 19.4 Å². The Morgan fingerprint density at radius 2 is 2.04 bits per heavy atom. The number of halogens is 1. The molecule has 2 amide bonds. The van der Waals surface area contributed by atoms with Gasteiger partial charge in [-0.25, -0.2) is 9.18 Å². The molecule has 5 nitrogen and oxygen atoms in total. The maximum absolute atomic E-state index is 13.9. The fourth-order valence-electron chi connectivity index (χ4n) is 2.52. The third-order valence-corrected chi connectivity index (χ3v) is 3.57. The third kappa shape index (κ3) is 4.43. The summed E-state index contributed by atoms with van der Waals surface area (Å²) >= 11 is 0. The molecular formula is C17H23FN2O3. The zero-order valence-corrected chi connectivity index (χ0v) is 14.0. The van der Waals surface area contributed by atoms with E-state index in [-0.39, 0.29) is 5.69 Å². The first-order valence-corrected chi connectivity index (χ1v) is 7.74. The van der Waals surface area contributed by atoms with Gasteiger partial charge in [-0.1, -0.05) is 6.07 Å². The van der Waals surface area contributed by atoms with Crippen LogP contribution in [-0.4, -0.2) is 35.1 Å². The molecule has 1 heterocycles. The number of amides is 2. The van der Waals surface area contributed by atoms with Crippen LogP contribution >= 0.6 is 0 Å². The molecule has 1 aliphatic rings. The molecule has 1 aromatic rings. The fourth-order valence-corrected chi connectivity index (χ4v) is 2.52. The number of nitrogens with one attached hydrogen (secondary N) is 1. The van der Waals surface area contributed by atoms with Crippen molar-refractivity contribution in [1.29, 1.82) is 0 Å². The first-order valence-electron chi connectivity index (χ1n) is 7.74. The van der Waals surface area contributed by atoms with Gasteiger partial charge in [0, 0.05) is 6.54 Å². The monoisotopic (exact) mass is 322 g/mol. The number of benzene rings is 1. The molecule has 23 heavy (non-hydrogen) atoms. The van der Waals surface area contributed by atoms with E-state index >= 15 is 0 Å². The standard InChI is InChI=1S/C17H23FN2O3/c1-11-7-8-13(12(18)10-11)19-15(21)14-6-5-9-20(14)16(22)23-17(2,3)4/h7-8,10,14H,5-6,9H2,1-4H3,(H,19,21)/t14-/m0/s1. The largest absolute Gasteiger partial charge is 0.444 e. The van der Waals surface area contributed by atoms with E-state index in [0.717, 1.165) is 5.56 Å². The first kappa shape index (κ1) is 17.2. The smallest absolute Gasteiger partial charge is 0.410 e. The van der Waals surface area contributed by atoms with Crippen molar-refractivity contribution in [3.63, 3.8) is 0 Å². The summed E-state index contributed by atoms with van der Waals surface area (Å²) in [5, 5.41) is 2.56. The van der Waals surface area contributed by atoms with Crippen LogP contribution in [0.3, 0.4) is 0 Å². The van der Waals surface area contributed by atoms with Gasteiger partial charge in [-0.2, -0.15) is 0 Å². The number of hydrogen-bond acceptors (Lipinski definition) is 3. The summed E-state index contributed by atoms with van der Waals surface area (Å²) in [4.78, 5) is 26.0. The van der Waals surface area contributed by atoms with Crippen molar-refractivity contribution < 1.29 is 18.7 Å². The topological polar surface area (TPSA) is 58.6 Å². The molecule has 0 spiro atoms. The van der Waals surface area contributed by atoms with Gasteiger partial charge in [0.05, 0.1) is 5.69 Å². The molecular weight excluding hydrogens is 299 g/mol. The summed E-state index contributed by atoms with van der Waals surface area (Å²) in [6.07, 6.45) is 0.742. The molecule has 0 aliphatic carbocycles. The van der Waals surface area contributed by atoms with Crippen LogP contribution in [0, 0.1) is 12.7 Å². The van der Waals surface area contributed by atoms with Crippen molar-refractivity contribution in [3.8, 4) is 0 Å². The van der Waals surface area contributed by atoms with Gasteiger partial charge < -0.3 is 10.1 Å². The number of rotatable bonds is 2. The van der Waals surface area contributed by atoms with Crippen LogP contribution in [0.4, 0.5) is 14.9 Å². The number of hydrogen-bond donors (Lipinski definition) is 1. The van der Waals surface area contributed by atoms with Gasteiger partial charge >= 0.3 is 6.09 Å². The van der Waals surface area contributed by atoms with Crippen molar-refractivity contribution >= 4 is 17.7 Å². The van der Waals surface area contributed by atoms with Gasteiger partial charge in [-0.05, 0) is 58.2 Å². The lowest BCUT2D eigenvalue weighted by Crippen LogP contribution is -2.45. The number of anilines is 1. The summed E-state index contributed by atoms with van der Waals surface area (Å²) < 4.78 is 19.2. The van der Waals surface area contributed by atoms with Crippen molar-refractivity contribution in [1.82, 2.24) is 4.90 Å². The van der Waals surface area contributed by atoms with Gasteiger partial charge in [-0.3, -0.25) is 9.69 Å². The third-order valence-electron chi connectivity index (χ3n) is 3.57. The Bertz CT molecular complexity index is 610. The van der Waals surface area contributed by atoms with Crippen LogP contribution < -0.4 is 5.32 Å². The number of aryl methyl sites for hydroxylation is 1. The molecule has 1 saturated heterocycles. The summed E-state index contributed by atoms with van der Waals surface area (Å²) in [5.41, 5.74) is 0.275. The van der Waals surface area contributed by atoms with Gasteiger partial charge in [0.15, 0.2) is 0 Å². The second-order valence-corrected chi connectivity index (χ2v) is 6.80. The Kier molecular flexibility index (Phi) is 4.92. The van der Waals surface area contributed by atoms with E-state index < -0.39 is 29.5 Å². The molecule has 1 atom stereocenters. The highest BCUT2D eigenvalue weighted by molar-refractivity contribution is 5.97. The second-order valence-electron chi connectivity index (χ2n) is 6.80. The molecule has 0 radical (unpaired) electrons. The van der Waals surface area contributed by atoms with Gasteiger partial charge in [0.2, 0.25) is 5.91 Å². The van der Waals surface area contributed by atoms with Gasteiger partial charge in [0.1, 0.15) is 17.5 Å². The number of carbonyl (C=O) groups excluding carboxylic acids is 2. The van der Waals surface area contributed by atoms with Crippen molar-refractivity contribution in [3.05, 3.63) is 29.6 Å².